The van der Waals surface area contributed by atoms with Crippen LogP contribution in [0.5, 0.6) is 5.88 Å². The topological polar surface area (TPSA) is 131 Å². The van der Waals surface area contributed by atoms with Crippen LogP contribution in [0.25, 0.3) is 11.3 Å². The highest BCUT2D eigenvalue weighted by Crippen LogP contribution is 2.62. The number of aryl methyl sites for hydroxylation is 2. The quantitative estimate of drug-likeness (QED) is 0.199. The lowest BCUT2D eigenvalue weighted by Gasteiger charge is -2.40. The highest BCUT2D eigenvalue weighted by atomic mass is 32.2. The summed E-state index contributed by atoms with van der Waals surface area (Å²) in [6, 6.07) is 10.1. The summed E-state index contributed by atoms with van der Waals surface area (Å²) in [5, 5.41) is 12.8. The monoisotopic (exact) mass is 658 g/mol. The van der Waals surface area contributed by atoms with Crippen LogP contribution in [0.1, 0.15) is 72.0 Å². The van der Waals surface area contributed by atoms with Crippen LogP contribution in [0.3, 0.4) is 0 Å². The molecule has 46 heavy (non-hydrogen) atoms. The number of alkyl halides is 3. The average Bonchev–Trinajstić information content (AvgIpc) is 3.89. The third-order valence-corrected chi connectivity index (χ3v) is 11.1. The van der Waals surface area contributed by atoms with E-state index in [9.17, 15) is 31.5 Å². The molecular formula is C33H37F3N4O5S. The van der Waals surface area contributed by atoms with Gasteiger partial charge in [-0.15, -0.1) is 0 Å². The summed E-state index contributed by atoms with van der Waals surface area (Å²) in [6.45, 7) is 5.42. The van der Waals surface area contributed by atoms with Gasteiger partial charge in [-0.05, 0) is 100 Å². The fourth-order valence-corrected chi connectivity index (χ4v) is 7.67. The first kappa shape index (κ1) is 32.2. The van der Waals surface area contributed by atoms with Crippen molar-refractivity contribution in [3.63, 3.8) is 0 Å². The molecule has 0 aliphatic heterocycles. The normalized spacial score (nSPS) is 18.9. The SMILES string of the molecule is Cc1cccc(C)c1-c1nc(NS(=O)(=O)c2cccc(C(=O)O)c2)nc(OC[C@@H](CC2(C(F)(F)F)CC2)NC2CC3(CC3)C2)c1C. The molecule has 3 saturated carbocycles. The molecule has 1 spiro atoms. The first-order chi connectivity index (χ1) is 21.6. The lowest BCUT2D eigenvalue weighted by atomic mass is 9.76. The molecule has 3 aromatic rings. The summed E-state index contributed by atoms with van der Waals surface area (Å²) in [5.74, 6) is -1.56. The second kappa shape index (κ2) is 11.5. The zero-order valence-corrected chi connectivity index (χ0v) is 26.7. The van der Waals surface area contributed by atoms with Gasteiger partial charge in [0.2, 0.25) is 11.8 Å². The van der Waals surface area contributed by atoms with E-state index in [4.69, 9.17) is 4.74 Å². The number of carbonyl (C=O) groups is 1. The van der Waals surface area contributed by atoms with Crippen LogP contribution < -0.4 is 14.8 Å². The van der Waals surface area contributed by atoms with Crippen LogP contribution in [0.4, 0.5) is 19.1 Å². The number of aromatic nitrogens is 2. The van der Waals surface area contributed by atoms with Crippen molar-refractivity contribution in [1.29, 1.82) is 0 Å². The number of rotatable bonds is 12. The van der Waals surface area contributed by atoms with Crippen molar-refractivity contribution < 1.29 is 36.2 Å². The van der Waals surface area contributed by atoms with Crippen molar-refractivity contribution >= 4 is 21.9 Å². The second-order valence-electron chi connectivity index (χ2n) is 13.3. The first-order valence-electron chi connectivity index (χ1n) is 15.4. The van der Waals surface area contributed by atoms with E-state index < -0.39 is 33.6 Å². The highest BCUT2D eigenvalue weighted by Gasteiger charge is 2.63. The van der Waals surface area contributed by atoms with Gasteiger partial charge in [0.1, 0.15) is 6.61 Å². The summed E-state index contributed by atoms with van der Waals surface area (Å²) in [4.78, 5) is 20.1. The van der Waals surface area contributed by atoms with Crippen molar-refractivity contribution in [3.05, 3.63) is 64.7 Å². The molecule has 1 atom stereocenters. The summed E-state index contributed by atoms with van der Waals surface area (Å²) in [5.41, 5.74) is 1.82. The minimum Gasteiger partial charge on any atom is -0.478 e. The number of hydrogen-bond donors (Lipinski definition) is 3. The Kier molecular flexibility index (Phi) is 8.07. The molecule has 9 nitrogen and oxygen atoms in total. The van der Waals surface area contributed by atoms with E-state index in [1.54, 1.807) is 6.92 Å². The van der Waals surface area contributed by atoms with E-state index in [2.05, 4.69) is 20.0 Å². The number of anilines is 1. The standard InChI is InChI=1S/C33H37F3N4O5S/c1-19-6-4-7-20(2)26(19)27-21(3)28(39-30(38-27)40-46(43,44)25-9-5-8-22(14-25)29(41)42)45-18-24(17-32(12-13-32)33(34,35)36)37-23-15-31(16-23)10-11-31/h4-9,14,23-24,37H,10-13,15-18H2,1-3H3,(H,41,42)(H,38,39,40)/t24-/m1/s1. The fourth-order valence-electron chi connectivity index (χ4n) is 6.68. The van der Waals surface area contributed by atoms with Gasteiger partial charge >= 0.3 is 12.1 Å². The first-order valence-corrected chi connectivity index (χ1v) is 16.9. The summed E-state index contributed by atoms with van der Waals surface area (Å²) >= 11 is 0. The number of hydrogen-bond acceptors (Lipinski definition) is 7. The van der Waals surface area contributed by atoms with E-state index >= 15 is 0 Å². The molecule has 0 amide bonds. The molecule has 0 unspecified atom stereocenters. The van der Waals surface area contributed by atoms with Gasteiger partial charge in [0.15, 0.2) is 0 Å². The van der Waals surface area contributed by atoms with Gasteiger partial charge in [-0.1, -0.05) is 24.3 Å². The van der Waals surface area contributed by atoms with Crippen molar-refractivity contribution in [1.82, 2.24) is 15.3 Å². The van der Waals surface area contributed by atoms with Crippen LogP contribution in [-0.2, 0) is 10.0 Å². The van der Waals surface area contributed by atoms with E-state index in [0.717, 1.165) is 35.6 Å². The number of ether oxygens (including phenoxy) is 1. The molecule has 2 aromatic carbocycles. The highest BCUT2D eigenvalue weighted by molar-refractivity contribution is 7.92. The Hall–Kier alpha value is -3.71. The smallest absolute Gasteiger partial charge is 0.394 e. The maximum absolute atomic E-state index is 14.0. The van der Waals surface area contributed by atoms with Crippen LogP contribution in [-0.4, -0.2) is 54.3 Å². The molecule has 13 heteroatoms. The molecule has 0 saturated heterocycles. The van der Waals surface area contributed by atoms with Crippen LogP contribution >= 0.6 is 0 Å². The minimum atomic E-state index is -4.33. The summed E-state index contributed by atoms with van der Waals surface area (Å²) in [6.07, 6.45) is -0.0371. The number of sulfonamides is 1. The van der Waals surface area contributed by atoms with E-state index in [-0.39, 0.29) is 54.2 Å². The molecule has 0 bridgehead atoms. The van der Waals surface area contributed by atoms with Gasteiger partial charge in [0.25, 0.3) is 10.0 Å². The van der Waals surface area contributed by atoms with Gasteiger partial charge in [0, 0.05) is 23.2 Å². The Labute approximate surface area is 266 Å². The molecular weight excluding hydrogens is 621 g/mol. The number of benzene rings is 2. The molecule has 1 aromatic heterocycles. The number of carboxylic acids is 1. The van der Waals surface area contributed by atoms with Crippen molar-refractivity contribution in [2.24, 2.45) is 10.8 Å². The third kappa shape index (κ3) is 6.44. The third-order valence-electron chi connectivity index (χ3n) is 9.74. The molecule has 3 fully saturated rings. The maximum atomic E-state index is 14.0. The largest absolute Gasteiger partial charge is 0.478 e. The summed E-state index contributed by atoms with van der Waals surface area (Å²) in [7, 11) is -4.33. The fraction of sp³-hybridized carbons (Fsp3) is 0.485. The van der Waals surface area contributed by atoms with Gasteiger partial charge in [-0.25, -0.2) is 22.9 Å². The van der Waals surface area contributed by atoms with Gasteiger partial charge < -0.3 is 15.2 Å². The molecule has 3 aliphatic carbocycles. The molecule has 246 valence electrons. The Bertz CT molecular complexity index is 1760. The van der Waals surface area contributed by atoms with Crippen molar-refractivity contribution in [2.45, 2.75) is 88.9 Å². The Morgan fingerprint density at radius 3 is 2.28 bits per heavy atom. The van der Waals surface area contributed by atoms with Gasteiger partial charge in [-0.3, -0.25) is 0 Å². The van der Waals surface area contributed by atoms with Crippen LogP contribution in [0, 0.1) is 31.6 Å². The number of nitrogens with one attached hydrogen (secondary N) is 2. The molecule has 0 radical (unpaired) electrons. The minimum absolute atomic E-state index is 0.0422. The Morgan fingerprint density at radius 1 is 1.04 bits per heavy atom. The predicted molar refractivity (Wildman–Crippen MR) is 165 cm³/mol. The maximum Gasteiger partial charge on any atom is 0.394 e. The Morgan fingerprint density at radius 2 is 1.70 bits per heavy atom. The van der Waals surface area contributed by atoms with E-state index in [1.807, 2.05) is 32.0 Å². The zero-order chi connectivity index (χ0) is 33.1. The number of halogens is 3. The molecule has 3 aliphatic rings. The van der Waals surface area contributed by atoms with E-state index in [0.29, 0.717) is 16.7 Å². The Balaban J connectivity index is 1.32. The lowest BCUT2D eigenvalue weighted by molar-refractivity contribution is -0.191. The van der Waals surface area contributed by atoms with Gasteiger partial charge in [0.05, 0.1) is 21.6 Å². The molecule has 3 N–H and O–H groups in total. The molecule has 6 rings (SSSR count). The number of aromatic carboxylic acids is 1. The van der Waals surface area contributed by atoms with Gasteiger partial charge in [-0.2, -0.15) is 18.2 Å². The van der Waals surface area contributed by atoms with Crippen molar-refractivity contribution in [2.75, 3.05) is 11.3 Å². The number of nitrogens with zero attached hydrogens (tertiary/aromatic N) is 2. The van der Waals surface area contributed by atoms with Crippen LogP contribution in [0.15, 0.2) is 47.4 Å². The zero-order valence-electron chi connectivity index (χ0n) is 25.9. The number of carboxylic acid groups (broad SMARTS) is 1. The van der Waals surface area contributed by atoms with E-state index in [1.165, 1.54) is 31.0 Å². The van der Waals surface area contributed by atoms with Crippen molar-refractivity contribution in [3.8, 4) is 17.1 Å². The predicted octanol–water partition coefficient (Wildman–Crippen LogP) is 6.58. The second-order valence-corrected chi connectivity index (χ2v) is 15.0. The summed E-state index contributed by atoms with van der Waals surface area (Å²) < 4.78 is 77.2. The van der Waals surface area contributed by atoms with Crippen LogP contribution in [0.2, 0.25) is 0 Å². The average molecular weight is 659 g/mol. The molecule has 1 heterocycles. The lowest BCUT2D eigenvalue weighted by Crippen LogP contribution is -2.50.